The minimum atomic E-state index is -0.600. The number of ketones is 1. The maximum atomic E-state index is 14.0. The molecule has 3 aromatic rings. The number of nitrogens with zero attached hydrogens (tertiary/aromatic N) is 2. The van der Waals surface area contributed by atoms with Crippen LogP contribution < -0.4 is 15.0 Å². The van der Waals surface area contributed by atoms with E-state index >= 15 is 0 Å². The Kier molecular flexibility index (Phi) is 9.16. The molecule has 0 saturated carbocycles. The number of methoxy groups -OCH3 is 1. The zero-order valence-corrected chi connectivity index (χ0v) is 19.8. The van der Waals surface area contributed by atoms with Crippen molar-refractivity contribution in [2.45, 2.75) is 26.3 Å². The highest BCUT2D eigenvalue weighted by molar-refractivity contribution is 6.10. The van der Waals surface area contributed by atoms with Gasteiger partial charge in [-0.2, -0.15) is 5.26 Å². The van der Waals surface area contributed by atoms with Gasteiger partial charge in [0.25, 0.3) is 5.56 Å². The predicted molar refractivity (Wildman–Crippen MR) is 129 cm³/mol. The van der Waals surface area contributed by atoms with Crippen molar-refractivity contribution in [2.24, 2.45) is 0 Å². The second kappa shape index (κ2) is 12.5. The molecule has 0 aliphatic rings. The summed E-state index contributed by atoms with van der Waals surface area (Å²) in [6.45, 7) is 3.31. The highest BCUT2D eigenvalue weighted by Gasteiger charge is 2.19. The molecule has 35 heavy (non-hydrogen) atoms. The number of hydrogen-bond acceptors (Lipinski definition) is 6. The smallest absolute Gasteiger partial charge is 0.268 e. The summed E-state index contributed by atoms with van der Waals surface area (Å²) in [5.74, 6) is -0.146. The van der Waals surface area contributed by atoms with Crippen molar-refractivity contribution in [1.82, 2.24) is 4.57 Å². The van der Waals surface area contributed by atoms with Crippen molar-refractivity contribution in [3.63, 3.8) is 0 Å². The maximum Gasteiger partial charge on any atom is 0.268 e. The molecule has 0 amide bonds. The Morgan fingerprint density at radius 3 is 2.49 bits per heavy atom. The number of pyridine rings is 1. The van der Waals surface area contributed by atoms with Crippen LogP contribution in [0.1, 0.15) is 39.9 Å². The van der Waals surface area contributed by atoms with Crippen molar-refractivity contribution in [2.75, 3.05) is 26.9 Å². The third-order valence-corrected chi connectivity index (χ3v) is 5.30. The number of hydrogen-bond donors (Lipinski definition) is 0. The van der Waals surface area contributed by atoms with Gasteiger partial charge >= 0.3 is 0 Å². The minimum absolute atomic E-state index is 0.0100. The van der Waals surface area contributed by atoms with Gasteiger partial charge in [-0.1, -0.05) is 18.2 Å². The highest BCUT2D eigenvalue weighted by Crippen LogP contribution is 2.24. The largest absolute Gasteiger partial charge is 0.493 e. The first-order valence-electron chi connectivity index (χ1n) is 11.2. The lowest BCUT2D eigenvalue weighted by atomic mass is 10.0. The van der Waals surface area contributed by atoms with Crippen LogP contribution in [-0.4, -0.2) is 37.3 Å². The lowest BCUT2D eigenvalue weighted by molar-refractivity contribution is 0.103. The molecular weight excluding hydrogens is 451 g/mol. The summed E-state index contributed by atoms with van der Waals surface area (Å²) in [7, 11) is 1.55. The summed E-state index contributed by atoms with van der Waals surface area (Å²) in [4.78, 5) is 25.7. The fourth-order valence-corrected chi connectivity index (χ4v) is 3.49. The third kappa shape index (κ3) is 6.78. The molecule has 0 N–H and O–H groups in total. The average molecular weight is 479 g/mol. The molecule has 0 spiro atoms. The van der Waals surface area contributed by atoms with Crippen molar-refractivity contribution in [1.29, 1.82) is 5.26 Å². The lowest BCUT2D eigenvalue weighted by Crippen LogP contribution is -2.24. The number of para-hydroxylation sites is 1. The van der Waals surface area contributed by atoms with E-state index in [9.17, 15) is 19.2 Å². The maximum absolute atomic E-state index is 14.0. The Bertz CT molecular complexity index is 1280. The van der Waals surface area contributed by atoms with E-state index in [1.807, 2.05) is 37.3 Å². The van der Waals surface area contributed by atoms with Gasteiger partial charge in [0.2, 0.25) is 0 Å². The molecule has 8 heteroatoms. The Morgan fingerprint density at radius 1 is 1.03 bits per heavy atom. The van der Waals surface area contributed by atoms with Gasteiger partial charge in [0.05, 0.1) is 18.8 Å². The van der Waals surface area contributed by atoms with Crippen molar-refractivity contribution >= 4 is 5.78 Å². The number of carbonyl (C=O) groups excluding carboxylic acids is 1. The molecule has 1 heterocycles. The molecular formula is C27H27FN2O5. The van der Waals surface area contributed by atoms with Crippen molar-refractivity contribution in [3.05, 3.63) is 93.2 Å². The van der Waals surface area contributed by atoms with Gasteiger partial charge in [-0.25, -0.2) is 4.39 Å². The number of carbonyl (C=O) groups is 1. The lowest BCUT2D eigenvalue weighted by Gasteiger charge is -2.13. The standard InChI is InChI=1S/C27H27FN2O5/c1-19-7-3-4-8-24(19)34-13-6-14-35-25-10-9-22(28)16-23(25)26(31)21-15-20(17-29)27(32)30(18-21)11-5-12-33-2/h3-4,7-10,15-16,18H,5-6,11-14H2,1-2H3. The predicted octanol–water partition coefficient (Wildman–Crippen LogP) is 4.28. The minimum Gasteiger partial charge on any atom is -0.493 e. The summed E-state index contributed by atoms with van der Waals surface area (Å²) in [5.41, 5.74) is 0.470. The Labute approximate surface area is 203 Å². The fourth-order valence-electron chi connectivity index (χ4n) is 3.49. The quantitative estimate of drug-likeness (QED) is 0.285. The molecule has 0 unspecified atom stereocenters. The molecule has 182 valence electrons. The fraction of sp³-hybridized carbons (Fsp3) is 0.296. The second-order valence-electron chi connectivity index (χ2n) is 7.88. The van der Waals surface area contributed by atoms with Gasteiger partial charge in [-0.15, -0.1) is 0 Å². The molecule has 3 rings (SSSR count). The van der Waals surface area contributed by atoms with Crippen LogP contribution in [0.15, 0.2) is 59.5 Å². The summed E-state index contributed by atoms with van der Waals surface area (Å²) in [5, 5.41) is 9.36. The molecule has 0 aliphatic carbocycles. The first-order chi connectivity index (χ1) is 16.9. The number of aromatic nitrogens is 1. The van der Waals surface area contributed by atoms with Gasteiger partial charge in [0.1, 0.15) is 28.9 Å². The van der Waals surface area contributed by atoms with Crippen LogP contribution in [0.4, 0.5) is 4.39 Å². The summed E-state index contributed by atoms with van der Waals surface area (Å²) in [6, 6.07) is 14.4. The molecule has 0 fully saturated rings. The molecule has 2 aromatic carbocycles. The van der Waals surface area contributed by atoms with Crippen LogP contribution in [0.25, 0.3) is 0 Å². The van der Waals surface area contributed by atoms with Gasteiger partial charge < -0.3 is 18.8 Å². The van der Waals surface area contributed by atoms with E-state index in [0.29, 0.717) is 26.1 Å². The third-order valence-electron chi connectivity index (χ3n) is 5.30. The zero-order chi connectivity index (χ0) is 25.2. The van der Waals surface area contributed by atoms with E-state index in [1.54, 1.807) is 7.11 Å². The number of ether oxygens (including phenoxy) is 3. The van der Waals surface area contributed by atoms with Gasteiger partial charge in [-0.05, 0) is 49.2 Å². The molecule has 0 radical (unpaired) electrons. The van der Waals surface area contributed by atoms with Crippen molar-refractivity contribution in [3.8, 4) is 17.6 Å². The highest BCUT2D eigenvalue weighted by atomic mass is 19.1. The van der Waals surface area contributed by atoms with Crippen LogP contribution >= 0.6 is 0 Å². The Morgan fingerprint density at radius 2 is 1.77 bits per heavy atom. The number of aryl methyl sites for hydroxylation is 2. The van der Waals surface area contributed by atoms with Gasteiger partial charge in [-0.3, -0.25) is 9.59 Å². The van der Waals surface area contributed by atoms with Gasteiger partial charge in [0, 0.05) is 38.4 Å². The molecule has 7 nitrogen and oxygen atoms in total. The van der Waals surface area contributed by atoms with Crippen LogP contribution in [0.2, 0.25) is 0 Å². The normalized spacial score (nSPS) is 10.6. The number of nitriles is 1. The Balaban J connectivity index is 1.75. The van der Waals surface area contributed by atoms with Crippen LogP contribution in [-0.2, 0) is 11.3 Å². The zero-order valence-electron chi connectivity index (χ0n) is 19.8. The molecule has 0 atom stereocenters. The summed E-state index contributed by atoms with van der Waals surface area (Å²) in [6.07, 6.45) is 2.45. The average Bonchev–Trinajstić information content (AvgIpc) is 2.86. The molecule has 0 bridgehead atoms. The van der Waals surface area contributed by atoms with Gasteiger partial charge in [0.15, 0.2) is 5.78 Å². The van der Waals surface area contributed by atoms with Crippen LogP contribution in [0, 0.1) is 24.1 Å². The first-order valence-corrected chi connectivity index (χ1v) is 11.2. The molecule has 0 saturated heterocycles. The Hall–Kier alpha value is -3.96. The van der Waals surface area contributed by atoms with Crippen LogP contribution in [0.3, 0.4) is 0 Å². The monoisotopic (exact) mass is 478 g/mol. The summed E-state index contributed by atoms with van der Waals surface area (Å²) < 4.78 is 31.9. The van der Waals surface area contributed by atoms with E-state index in [2.05, 4.69) is 0 Å². The van der Waals surface area contributed by atoms with E-state index in [-0.39, 0.29) is 35.6 Å². The number of rotatable bonds is 12. The second-order valence-corrected chi connectivity index (χ2v) is 7.88. The van der Waals surface area contributed by atoms with E-state index in [4.69, 9.17) is 14.2 Å². The van der Waals surface area contributed by atoms with Crippen LogP contribution in [0.5, 0.6) is 11.5 Å². The topological polar surface area (TPSA) is 90.5 Å². The molecule has 1 aromatic heterocycles. The number of benzene rings is 2. The first kappa shape index (κ1) is 25.7. The number of halogens is 1. The van der Waals surface area contributed by atoms with E-state index in [1.165, 1.54) is 29.0 Å². The summed E-state index contributed by atoms with van der Waals surface area (Å²) >= 11 is 0. The van der Waals surface area contributed by atoms with E-state index in [0.717, 1.165) is 17.4 Å². The SMILES string of the molecule is COCCCn1cc(C(=O)c2cc(F)ccc2OCCCOc2ccccc2C)cc(C#N)c1=O. The molecule has 0 aliphatic heterocycles. The van der Waals surface area contributed by atoms with Crippen molar-refractivity contribution < 1.29 is 23.4 Å². The van der Waals surface area contributed by atoms with E-state index < -0.39 is 17.2 Å².